The third-order valence-corrected chi connectivity index (χ3v) is 1.85. The van der Waals surface area contributed by atoms with Crippen LogP contribution >= 0.6 is 0 Å². The van der Waals surface area contributed by atoms with E-state index >= 15 is 0 Å². The Morgan fingerprint density at radius 2 is 2.55 bits per heavy atom. The molecule has 11 heavy (non-hydrogen) atoms. The van der Waals surface area contributed by atoms with Crippen LogP contribution in [0.25, 0.3) is 0 Å². The number of carboxylic acid groups (broad SMARTS) is 1. The highest BCUT2D eigenvalue weighted by Crippen LogP contribution is 2.09. The van der Waals surface area contributed by atoms with E-state index in [9.17, 15) is 4.79 Å². The monoisotopic (exact) mass is 155 g/mol. The number of hydrogen-bond acceptors (Lipinski definition) is 2. The Labute approximate surface area is 66.1 Å². The maximum atomic E-state index is 10.4. The van der Waals surface area contributed by atoms with Gasteiger partial charge in [0.25, 0.3) is 0 Å². The molecule has 0 radical (unpaired) electrons. The Morgan fingerprint density at radius 3 is 3.00 bits per heavy atom. The number of allylic oxidation sites excluding steroid dienone is 1. The second-order valence-corrected chi connectivity index (χ2v) is 2.84. The van der Waals surface area contributed by atoms with Crippen LogP contribution in [0.15, 0.2) is 12.2 Å². The molecule has 2 atom stereocenters. The van der Waals surface area contributed by atoms with Crippen LogP contribution in [0.4, 0.5) is 0 Å². The number of nitrogens with one attached hydrogen (secondary N) is 1. The highest BCUT2D eigenvalue weighted by Gasteiger charge is 2.16. The molecule has 1 aliphatic rings. The van der Waals surface area contributed by atoms with E-state index in [1.165, 1.54) is 0 Å². The molecule has 0 saturated carbocycles. The Balaban J connectivity index is 2.29. The highest BCUT2D eigenvalue weighted by molar-refractivity contribution is 5.72. The summed E-state index contributed by atoms with van der Waals surface area (Å²) in [5, 5.41) is 11.5. The molecule has 0 aromatic heterocycles. The van der Waals surface area contributed by atoms with Crippen LogP contribution in [0.3, 0.4) is 0 Å². The molecule has 0 spiro atoms. The number of hydrogen-bond donors (Lipinski definition) is 2. The van der Waals surface area contributed by atoms with Gasteiger partial charge >= 0.3 is 5.97 Å². The second-order valence-electron chi connectivity index (χ2n) is 2.84. The van der Waals surface area contributed by atoms with Crippen molar-refractivity contribution in [3.63, 3.8) is 0 Å². The van der Waals surface area contributed by atoms with E-state index in [-0.39, 0.29) is 6.04 Å². The quantitative estimate of drug-likeness (QED) is 0.592. The third kappa shape index (κ3) is 2.35. The molecule has 62 valence electrons. The standard InChI is InChI=1S/C8H13NO2/c1-6(8(10)11)9-7-4-2-3-5-7/h2,4,6-7,9H,3,5H2,1H3,(H,10,11). The van der Waals surface area contributed by atoms with Crippen molar-refractivity contribution in [2.24, 2.45) is 0 Å². The van der Waals surface area contributed by atoms with Crippen LogP contribution in [-0.2, 0) is 4.79 Å². The number of rotatable bonds is 3. The Bertz CT molecular complexity index is 177. The lowest BCUT2D eigenvalue weighted by Crippen LogP contribution is -2.39. The lowest BCUT2D eigenvalue weighted by molar-refractivity contribution is -0.139. The van der Waals surface area contributed by atoms with E-state index in [1.807, 2.05) is 6.08 Å². The Hall–Kier alpha value is -0.830. The SMILES string of the molecule is CC(NC1C=CCC1)C(=O)O. The van der Waals surface area contributed by atoms with Crippen molar-refractivity contribution >= 4 is 5.97 Å². The lowest BCUT2D eigenvalue weighted by atomic mass is 10.2. The number of aliphatic carboxylic acids is 1. The molecule has 2 unspecified atom stereocenters. The van der Waals surface area contributed by atoms with Crippen molar-refractivity contribution in [1.29, 1.82) is 0 Å². The van der Waals surface area contributed by atoms with Crippen molar-refractivity contribution in [1.82, 2.24) is 5.32 Å². The summed E-state index contributed by atoms with van der Waals surface area (Å²) in [6.45, 7) is 1.66. The van der Waals surface area contributed by atoms with Crippen molar-refractivity contribution in [3.05, 3.63) is 12.2 Å². The molecule has 3 nitrogen and oxygen atoms in total. The average Bonchev–Trinajstić information content (AvgIpc) is 2.39. The minimum atomic E-state index is -0.787. The first-order chi connectivity index (χ1) is 5.20. The first kappa shape index (κ1) is 8.27. The van der Waals surface area contributed by atoms with E-state index in [0.29, 0.717) is 0 Å². The van der Waals surface area contributed by atoms with Gasteiger partial charge in [0.05, 0.1) is 0 Å². The molecule has 0 amide bonds. The van der Waals surface area contributed by atoms with Crippen molar-refractivity contribution in [3.8, 4) is 0 Å². The van der Waals surface area contributed by atoms with Gasteiger partial charge in [-0.1, -0.05) is 12.2 Å². The third-order valence-electron chi connectivity index (χ3n) is 1.85. The van der Waals surface area contributed by atoms with Gasteiger partial charge in [0.15, 0.2) is 0 Å². The van der Waals surface area contributed by atoms with Gasteiger partial charge in [0, 0.05) is 6.04 Å². The molecule has 0 aliphatic heterocycles. The van der Waals surface area contributed by atoms with Gasteiger partial charge in [-0.05, 0) is 19.8 Å². The average molecular weight is 155 g/mol. The molecule has 0 saturated heterocycles. The maximum absolute atomic E-state index is 10.4. The zero-order valence-electron chi connectivity index (χ0n) is 6.58. The van der Waals surface area contributed by atoms with Crippen LogP contribution in [0.2, 0.25) is 0 Å². The Kier molecular flexibility index (Phi) is 2.65. The summed E-state index contributed by atoms with van der Waals surface area (Å²) < 4.78 is 0. The minimum absolute atomic E-state index is 0.265. The molecule has 2 N–H and O–H groups in total. The molecule has 1 rings (SSSR count). The predicted molar refractivity (Wildman–Crippen MR) is 42.4 cm³/mol. The first-order valence-electron chi connectivity index (χ1n) is 3.85. The number of carboxylic acids is 1. The van der Waals surface area contributed by atoms with E-state index < -0.39 is 12.0 Å². The molecule has 0 aromatic rings. The van der Waals surface area contributed by atoms with Gasteiger partial charge in [-0.15, -0.1) is 0 Å². The van der Waals surface area contributed by atoms with Crippen molar-refractivity contribution < 1.29 is 9.90 Å². The maximum Gasteiger partial charge on any atom is 0.320 e. The molecule has 0 heterocycles. The molecular weight excluding hydrogens is 142 g/mol. The lowest BCUT2D eigenvalue weighted by Gasteiger charge is -2.13. The van der Waals surface area contributed by atoms with Gasteiger partial charge in [-0.3, -0.25) is 10.1 Å². The van der Waals surface area contributed by atoms with Gasteiger partial charge < -0.3 is 5.11 Å². The van der Waals surface area contributed by atoms with Crippen LogP contribution in [0.1, 0.15) is 19.8 Å². The van der Waals surface area contributed by atoms with Gasteiger partial charge in [-0.2, -0.15) is 0 Å². The molecular formula is C8H13NO2. The van der Waals surface area contributed by atoms with Crippen molar-refractivity contribution in [2.75, 3.05) is 0 Å². The minimum Gasteiger partial charge on any atom is -0.480 e. The van der Waals surface area contributed by atoms with E-state index in [1.54, 1.807) is 6.92 Å². The van der Waals surface area contributed by atoms with Gasteiger partial charge in [0.1, 0.15) is 6.04 Å². The summed E-state index contributed by atoms with van der Waals surface area (Å²) in [5.74, 6) is -0.787. The fourth-order valence-corrected chi connectivity index (χ4v) is 1.16. The van der Waals surface area contributed by atoms with Crippen LogP contribution in [0, 0.1) is 0 Å². The largest absolute Gasteiger partial charge is 0.480 e. The first-order valence-corrected chi connectivity index (χ1v) is 3.85. The summed E-state index contributed by atoms with van der Waals surface area (Å²) >= 11 is 0. The second kappa shape index (κ2) is 3.53. The van der Waals surface area contributed by atoms with Gasteiger partial charge in [-0.25, -0.2) is 0 Å². The highest BCUT2D eigenvalue weighted by atomic mass is 16.4. The van der Waals surface area contributed by atoms with Crippen LogP contribution in [0.5, 0.6) is 0 Å². The summed E-state index contributed by atoms with van der Waals surface area (Å²) in [5.41, 5.74) is 0. The Morgan fingerprint density at radius 1 is 1.82 bits per heavy atom. The summed E-state index contributed by atoms with van der Waals surface area (Å²) in [6.07, 6.45) is 6.19. The summed E-state index contributed by atoms with van der Waals surface area (Å²) in [6, 6.07) is -0.177. The fourth-order valence-electron chi connectivity index (χ4n) is 1.16. The fraction of sp³-hybridized carbons (Fsp3) is 0.625. The van der Waals surface area contributed by atoms with Crippen LogP contribution in [-0.4, -0.2) is 23.2 Å². The van der Waals surface area contributed by atoms with Crippen LogP contribution < -0.4 is 5.32 Å². The molecule has 3 heteroatoms. The van der Waals surface area contributed by atoms with Crippen molar-refractivity contribution in [2.45, 2.75) is 31.8 Å². The summed E-state index contributed by atoms with van der Waals surface area (Å²) in [7, 11) is 0. The molecule has 1 aliphatic carbocycles. The summed E-state index contributed by atoms with van der Waals surface area (Å²) in [4.78, 5) is 10.4. The predicted octanol–water partition coefficient (Wildman–Crippen LogP) is 0.768. The molecule has 0 fully saturated rings. The van der Waals surface area contributed by atoms with E-state index in [0.717, 1.165) is 12.8 Å². The topological polar surface area (TPSA) is 49.3 Å². The zero-order valence-corrected chi connectivity index (χ0v) is 6.58. The number of carbonyl (C=O) groups is 1. The smallest absolute Gasteiger partial charge is 0.320 e. The molecule has 0 aromatic carbocycles. The van der Waals surface area contributed by atoms with Gasteiger partial charge in [0.2, 0.25) is 0 Å². The zero-order chi connectivity index (χ0) is 8.27. The normalized spacial score (nSPS) is 25.4. The molecule has 0 bridgehead atoms. The van der Waals surface area contributed by atoms with E-state index in [4.69, 9.17) is 5.11 Å². The van der Waals surface area contributed by atoms with E-state index in [2.05, 4.69) is 11.4 Å².